The first-order valence-corrected chi connectivity index (χ1v) is 9.72. The van der Waals surface area contributed by atoms with Crippen LogP contribution in [0.2, 0.25) is 0 Å². The maximum Gasteiger partial charge on any atom is 0.225 e. The van der Waals surface area contributed by atoms with Crippen molar-refractivity contribution in [1.82, 2.24) is 9.97 Å². The Morgan fingerprint density at radius 3 is 3.04 bits per heavy atom. The van der Waals surface area contributed by atoms with Gasteiger partial charge in [-0.1, -0.05) is 18.7 Å². The number of carbonyl (C=O) groups is 1. The van der Waals surface area contributed by atoms with Gasteiger partial charge in [0.15, 0.2) is 5.16 Å². The molecule has 1 aliphatic carbocycles. The summed E-state index contributed by atoms with van der Waals surface area (Å²) >= 11 is 3.01. The minimum Gasteiger partial charge on any atom is -0.317 e. The molecule has 3 rings (SSSR count). The van der Waals surface area contributed by atoms with Crippen molar-refractivity contribution in [1.29, 1.82) is 5.26 Å². The van der Waals surface area contributed by atoms with E-state index in [-0.39, 0.29) is 5.91 Å². The topological polar surface area (TPSA) is 78.7 Å². The summed E-state index contributed by atoms with van der Waals surface area (Å²) in [5.74, 6) is 1.19. The lowest BCUT2D eigenvalue weighted by molar-refractivity contribution is -0.115. The van der Waals surface area contributed by atoms with Gasteiger partial charge in [-0.2, -0.15) is 5.26 Å². The summed E-state index contributed by atoms with van der Waals surface area (Å²) in [6.45, 7) is 2.23. The van der Waals surface area contributed by atoms with Crippen LogP contribution in [0.15, 0.2) is 23.6 Å². The molecule has 0 saturated carbocycles. The molecule has 0 aliphatic heterocycles. The van der Waals surface area contributed by atoms with E-state index in [2.05, 4.69) is 28.3 Å². The number of nitrogens with zero attached hydrogens (tertiary/aromatic N) is 3. The number of amides is 1. The van der Waals surface area contributed by atoms with E-state index < -0.39 is 0 Å². The van der Waals surface area contributed by atoms with Crippen LogP contribution in [0.1, 0.15) is 35.8 Å². The minimum absolute atomic E-state index is 0.0680. The number of thioether (sulfide) groups is 1. The summed E-state index contributed by atoms with van der Waals surface area (Å²) in [4.78, 5) is 21.7. The van der Waals surface area contributed by atoms with Crippen LogP contribution in [0.5, 0.6) is 0 Å². The molecule has 0 radical (unpaired) electrons. The zero-order valence-corrected chi connectivity index (χ0v) is 15.0. The fourth-order valence-corrected chi connectivity index (χ4v) is 4.86. The fraction of sp³-hybridized carbons (Fsp3) is 0.412. The molecule has 1 aliphatic rings. The van der Waals surface area contributed by atoms with Crippen LogP contribution < -0.4 is 5.32 Å². The van der Waals surface area contributed by atoms with Crippen molar-refractivity contribution in [2.75, 3.05) is 11.1 Å². The Morgan fingerprint density at radius 1 is 1.50 bits per heavy atom. The first-order chi connectivity index (χ1) is 11.7. The average molecular weight is 358 g/mol. The zero-order valence-electron chi connectivity index (χ0n) is 13.4. The molecular formula is C17H18N4OS2. The lowest BCUT2D eigenvalue weighted by atomic mass is 9.89. The number of nitriles is 1. The number of nitrogens with one attached hydrogen (secondary N) is 1. The van der Waals surface area contributed by atoms with Gasteiger partial charge < -0.3 is 5.32 Å². The molecule has 1 amide bonds. The molecule has 1 N–H and O–H groups in total. The molecule has 24 heavy (non-hydrogen) atoms. The summed E-state index contributed by atoms with van der Waals surface area (Å²) in [6, 6.07) is 4.04. The molecular weight excluding hydrogens is 340 g/mol. The number of hydrogen-bond acceptors (Lipinski definition) is 6. The van der Waals surface area contributed by atoms with Gasteiger partial charge >= 0.3 is 0 Å². The number of thiophene rings is 1. The Balaban J connectivity index is 1.59. The van der Waals surface area contributed by atoms with Crippen molar-refractivity contribution in [3.05, 3.63) is 34.5 Å². The number of fused-ring (bicyclic) bond motifs is 1. The van der Waals surface area contributed by atoms with Gasteiger partial charge in [0.2, 0.25) is 5.91 Å². The molecule has 1 atom stereocenters. The Bertz CT molecular complexity index is 767. The normalized spacial score (nSPS) is 16.2. The van der Waals surface area contributed by atoms with Crippen molar-refractivity contribution in [3.8, 4) is 6.07 Å². The molecule has 2 aromatic heterocycles. The third-order valence-electron chi connectivity index (χ3n) is 3.98. The minimum atomic E-state index is -0.0680. The lowest BCUT2D eigenvalue weighted by Crippen LogP contribution is -2.12. The van der Waals surface area contributed by atoms with E-state index in [1.807, 2.05) is 0 Å². The van der Waals surface area contributed by atoms with Crippen molar-refractivity contribution >= 4 is 34.0 Å². The van der Waals surface area contributed by atoms with Crippen molar-refractivity contribution < 1.29 is 4.79 Å². The van der Waals surface area contributed by atoms with Gasteiger partial charge in [0.05, 0.1) is 5.56 Å². The van der Waals surface area contributed by atoms with Crippen LogP contribution >= 0.6 is 23.1 Å². The smallest absolute Gasteiger partial charge is 0.225 e. The highest BCUT2D eigenvalue weighted by Crippen LogP contribution is 2.39. The van der Waals surface area contributed by atoms with Crippen LogP contribution in [0, 0.1) is 17.2 Å². The Hall–Kier alpha value is -1.91. The van der Waals surface area contributed by atoms with E-state index in [9.17, 15) is 10.1 Å². The van der Waals surface area contributed by atoms with E-state index in [0.29, 0.717) is 33.8 Å². The Kier molecular flexibility index (Phi) is 5.48. The first kappa shape index (κ1) is 16.9. The molecule has 7 heteroatoms. The Morgan fingerprint density at radius 2 is 2.29 bits per heavy atom. The van der Waals surface area contributed by atoms with Gasteiger partial charge in [0.25, 0.3) is 0 Å². The lowest BCUT2D eigenvalue weighted by Gasteiger charge is -2.17. The summed E-state index contributed by atoms with van der Waals surface area (Å²) < 4.78 is 0. The van der Waals surface area contributed by atoms with Crippen LogP contribution in [0.3, 0.4) is 0 Å². The quantitative estimate of drug-likeness (QED) is 0.652. The molecule has 1 unspecified atom stereocenters. The molecule has 0 aromatic carbocycles. The molecule has 0 bridgehead atoms. The highest BCUT2D eigenvalue weighted by Gasteiger charge is 2.24. The van der Waals surface area contributed by atoms with Gasteiger partial charge in [-0.05, 0) is 36.8 Å². The molecule has 2 heterocycles. The van der Waals surface area contributed by atoms with Gasteiger partial charge in [0.1, 0.15) is 11.1 Å². The molecule has 0 fully saturated rings. The predicted octanol–water partition coefficient (Wildman–Crippen LogP) is 3.66. The summed E-state index contributed by atoms with van der Waals surface area (Å²) in [7, 11) is 0. The second kappa shape index (κ2) is 7.77. The van der Waals surface area contributed by atoms with Crippen LogP contribution in [0.25, 0.3) is 0 Å². The van der Waals surface area contributed by atoms with Gasteiger partial charge in [-0.25, -0.2) is 9.97 Å². The highest BCUT2D eigenvalue weighted by atomic mass is 32.2. The second-order valence-electron chi connectivity index (χ2n) is 5.85. The molecule has 0 saturated heterocycles. The third kappa shape index (κ3) is 3.94. The monoisotopic (exact) mass is 358 g/mol. The van der Waals surface area contributed by atoms with Crippen LogP contribution in [0.4, 0.5) is 5.00 Å². The number of carbonyl (C=O) groups excluding carboxylic acids is 1. The molecule has 0 spiro atoms. The maximum absolute atomic E-state index is 12.2. The second-order valence-corrected chi connectivity index (χ2v) is 8.01. The Labute approximate surface area is 149 Å². The average Bonchev–Trinajstić information content (AvgIpc) is 2.91. The highest BCUT2D eigenvalue weighted by molar-refractivity contribution is 7.99. The van der Waals surface area contributed by atoms with Crippen molar-refractivity contribution in [2.45, 2.75) is 37.8 Å². The van der Waals surface area contributed by atoms with Crippen LogP contribution in [-0.4, -0.2) is 21.6 Å². The fourth-order valence-electron chi connectivity index (χ4n) is 2.74. The van der Waals surface area contributed by atoms with Crippen molar-refractivity contribution in [2.24, 2.45) is 5.92 Å². The summed E-state index contributed by atoms with van der Waals surface area (Å²) in [6.07, 6.45) is 6.79. The largest absolute Gasteiger partial charge is 0.317 e. The maximum atomic E-state index is 12.2. The van der Waals surface area contributed by atoms with Crippen molar-refractivity contribution in [3.63, 3.8) is 0 Å². The number of rotatable bonds is 5. The van der Waals surface area contributed by atoms with E-state index in [0.717, 1.165) is 24.8 Å². The summed E-state index contributed by atoms with van der Waals surface area (Å²) in [5.41, 5.74) is 1.80. The van der Waals surface area contributed by atoms with E-state index >= 15 is 0 Å². The van der Waals surface area contributed by atoms with E-state index in [1.54, 1.807) is 29.8 Å². The molecule has 124 valence electrons. The zero-order chi connectivity index (χ0) is 16.9. The first-order valence-electron chi connectivity index (χ1n) is 7.91. The molecule has 2 aromatic rings. The van der Waals surface area contributed by atoms with Gasteiger partial charge in [-0.3, -0.25) is 4.79 Å². The van der Waals surface area contributed by atoms with Gasteiger partial charge in [-0.15, -0.1) is 11.3 Å². The SMILES string of the molecule is CC1CCc2c(sc(NC(=O)CCSc3ncccn3)c2C#N)C1. The van der Waals surface area contributed by atoms with Gasteiger partial charge in [0, 0.05) is 29.4 Å². The number of hydrogen-bond donors (Lipinski definition) is 1. The number of aromatic nitrogens is 2. The summed E-state index contributed by atoms with van der Waals surface area (Å²) in [5, 5.41) is 13.8. The van der Waals surface area contributed by atoms with E-state index in [4.69, 9.17) is 0 Å². The molecule has 5 nitrogen and oxygen atoms in total. The predicted molar refractivity (Wildman–Crippen MR) is 96.2 cm³/mol. The van der Waals surface area contributed by atoms with Crippen LogP contribution in [-0.2, 0) is 17.6 Å². The third-order valence-corrected chi connectivity index (χ3v) is 6.03. The van der Waals surface area contributed by atoms with E-state index in [1.165, 1.54) is 16.6 Å². The standard InChI is InChI=1S/C17H18N4OS2/c1-11-3-4-12-13(10-18)16(24-14(12)9-11)21-15(22)5-8-23-17-19-6-2-7-20-17/h2,6-7,11H,3-5,8-9H2,1H3,(H,21,22). The number of anilines is 1.